The molecule has 0 aliphatic rings. The van der Waals surface area contributed by atoms with Crippen LogP contribution in [0.4, 0.5) is 5.13 Å². The van der Waals surface area contributed by atoms with Gasteiger partial charge in [-0.05, 0) is 25.3 Å². The number of carbonyl (C=O) groups excluding carboxylic acids is 1. The Labute approximate surface area is 147 Å². The second-order valence-corrected chi connectivity index (χ2v) is 7.16. The lowest BCUT2D eigenvalue weighted by Crippen LogP contribution is -2.20. The van der Waals surface area contributed by atoms with Gasteiger partial charge in [0.15, 0.2) is 5.13 Å². The highest BCUT2D eigenvalue weighted by atomic mass is 35.5. The van der Waals surface area contributed by atoms with E-state index in [0.29, 0.717) is 5.13 Å². The Kier molecular flexibility index (Phi) is 7.06. The highest BCUT2D eigenvalue weighted by molar-refractivity contribution is 7.14. The molecule has 1 aromatic carbocycles. The van der Waals surface area contributed by atoms with E-state index in [-0.39, 0.29) is 5.91 Å². The molecular weight excluding hydrogens is 328 g/mol. The van der Waals surface area contributed by atoms with Crippen molar-refractivity contribution in [3.05, 3.63) is 35.2 Å². The van der Waals surface area contributed by atoms with E-state index in [4.69, 9.17) is 11.6 Å². The lowest BCUT2D eigenvalue weighted by Gasteiger charge is -2.03. The number of alkyl halides is 1. The smallest absolute Gasteiger partial charge is 0.243 e. The van der Waals surface area contributed by atoms with Gasteiger partial charge in [0, 0.05) is 10.9 Å². The van der Waals surface area contributed by atoms with Crippen LogP contribution in [0.2, 0.25) is 0 Å². The molecule has 3 nitrogen and oxygen atoms in total. The zero-order chi connectivity index (χ0) is 16.7. The number of hydrogen-bond acceptors (Lipinski definition) is 3. The fourth-order valence-corrected chi connectivity index (χ4v) is 3.04. The molecule has 0 unspecified atom stereocenters. The number of nitrogens with one attached hydrogen (secondary N) is 1. The van der Waals surface area contributed by atoms with Crippen LogP contribution in [0.15, 0.2) is 29.6 Å². The predicted molar refractivity (Wildman–Crippen MR) is 99.3 cm³/mol. The molecule has 1 atom stereocenters. The SMILES string of the molecule is CCCCCCc1ccc(-c2csc(NC(=O)[C@@H](C)Cl)n2)cc1. The largest absolute Gasteiger partial charge is 0.301 e. The van der Waals surface area contributed by atoms with Crippen molar-refractivity contribution >= 4 is 34.0 Å². The number of hydrogen-bond donors (Lipinski definition) is 1. The molecule has 0 saturated carbocycles. The van der Waals surface area contributed by atoms with Crippen LogP contribution >= 0.6 is 22.9 Å². The number of aromatic nitrogens is 1. The van der Waals surface area contributed by atoms with Crippen molar-refractivity contribution in [3.8, 4) is 11.3 Å². The molecule has 0 fully saturated rings. The lowest BCUT2D eigenvalue weighted by molar-refractivity contribution is -0.115. The van der Waals surface area contributed by atoms with Gasteiger partial charge >= 0.3 is 0 Å². The average Bonchev–Trinajstić information content (AvgIpc) is 3.00. The third-order valence-corrected chi connectivity index (χ3v) is 4.62. The predicted octanol–water partition coefficient (Wildman–Crippen LogP) is 5.50. The minimum Gasteiger partial charge on any atom is -0.301 e. The van der Waals surface area contributed by atoms with Crippen molar-refractivity contribution < 1.29 is 4.79 Å². The summed E-state index contributed by atoms with van der Waals surface area (Å²) in [6.07, 6.45) is 6.26. The number of nitrogens with zero attached hydrogens (tertiary/aromatic N) is 1. The number of carbonyl (C=O) groups is 1. The first-order chi connectivity index (χ1) is 11.1. The topological polar surface area (TPSA) is 42.0 Å². The molecule has 1 N–H and O–H groups in total. The number of halogens is 1. The molecule has 124 valence electrons. The summed E-state index contributed by atoms with van der Waals surface area (Å²) in [6, 6.07) is 8.53. The highest BCUT2D eigenvalue weighted by Gasteiger charge is 2.12. The van der Waals surface area contributed by atoms with E-state index in [1.54, 1.807) is 6.92 Å². The number of anilines is 1. The zero-order valence-corrected chi connectivity index (χ0v) is 15.2. The van der Waals surface area contributed by atoms with Crippen molar-refractivity contribution in [2.75, 3.05) is 5.32 Å². The van der Waals surface area contributed by atoms with Gasteiger partial charge in [-0.1, -0.05) is 50.5 Å². The van der Waals surface area contributed by atoms with Gasteiger partial charge in [-0.25, -0.2) is 4.98 Å². The van der Waals surface area contributed by atoms with Crippen molar-refractivity contribution in [1.29, 1.82) is 0 Å². The van der Waals surface area contributed by atoms with Gasteiger partial charge in [-0.15, -0.1) is 22.9 Å². The third kappa shape index (κ3) is 5.63. The monoisotopic (exact) mass is 350 g/mol. The first-order valence-electron chi connectivity index (χ1n) is 8.10. The minimum absolute atomic E-state index is 0.227. The maximum Gasteiger partial charge on any atom is 0.243 e. The van der Waals surface area contributed by atoms with Crippen molar-refractivity contribution in [3.63, 3.8) is 0 Å². The number of amides is 1. The standard InChI is InChI=1S/C18H23ClN2OS/c1-3-4-5-6-7-14-8-10-15(11-9-14)16-12-23-18(20-16)21-17(22)13(2)19/h8-13H,3-7H2,1-2H3,(H,20,21,22)/t13-/m1/s1. The Balaban J connectivity index is 1.94. The Bertz CT molecular complexity index is 622. The van der Waals surface area contributed by atoms with Crippen LogP contribution in [-0.2, 0) is 11.2 Å². The fraction of sp³-hybridized carbons (Fsp3) is 0.444. The Morgan fingerprint density at radius 3 is 2.65 bits per heavy atom. The van der Waals surface area contributed by atoms with Gasteiger partial charge < -0.3 is 5.32 Å². The van der Waals surface area contributed by atoms with Crippen LogP contribution in [0.5, 0.6) is 0 Å². The molecule has 0 aliphatic heterocycles. The summed E-state index contributed by atoms with van der Waals surface area (Å²) in [7, 11) is 0. The maximum absolute atomic E-state index is 11.6. The quantitative estimate of drug-likeness (QED) is 0.504. The number of unbranched alkanes of at least 4 members (excludes halogenated alkanes) is 3. The van der Waals surface area contributed by atoms with Crippen LogP contribution in [0, 0.1) is 0 Å². The van der Waals surface area contributed by atoms with E-state index < -0.39 is 5.38 Å². The number of rotatable bonds is 8. The van der Waals surface area contributed by atoms with E-state index in [2.05, 4.69) is 41.5 Å². The summed E-state index contributed by atoms with van der Waals surface area (Å²) < 4.78 is 0. The van der Waals surface area contributed by atoms with Crippen molar-refractivity contribution in [1.82, 2.24) is 4.98 Å². The number of benzene rings is 1. The minimum atomic E-state index is -0.561. The molecule has 2 aromatic rings. The van der Waals surface area contributed by atoms with E-state index in [1.807, 2.05) is 5.38 Å². The first-order valence-corrected chi connectivity index (χ1v) is 9.41. The summed E-state index contributed by atoms with van der Waals surface area (Å²) in [6.45, 7) is 3.87. The van der Waals surface area contributed by atoms with Crippen LogP contribution in [0.3, 0.4) is 0 Å². The van der Waals surface area contributed by atoms with Crippen molar-refractivity contribution in [2.45, 2.75) is 51.3 Å². The summed E-state index contributed by atoms with van der Waals surface area (Å²) >= 11 is 7.16. The van der Waals surface area contributed by atoms with Gasteiger partial charge in [0.05, 0.1) is 5.69 Å². The van der Waals surface area contributed by atoms with Crippen LogP contribution in [0.25, 0.3) is 11.3 Å². The Hall–Kier alpha value is -1.39. The summed E-state index contributed by atoms with van der Waals surface area (Å²) in [5.41, 5.74) is 3.31. The fourth-order valence-electron chi connectivity index (χ4n) is 2.27. The molecule has 5 heteroatoms. The van der Waals surface area contributed by atoms with Crippen LogP contribution < -0.4 is 5.32 Å². The normalized spacial score (nSPS) is 12.1. The molecule has 0 radical (unpaired) electrons. The van der Waals surface area contributed by atoms with Gasteiger partial charge in [-0.3, -0.25) is 4.79 Å². The van der Waals surface area contributed by atoms with E-state index in [0.717, 1.165) is 17.7 Å². The molecule has 0 spiro atoms. The highest BCUT2D eigenvalue weighted by Crippen LogP contribution is 2.25. The molecule has 2 rings (SSSR count). The van der Waals surface area contributed by atoms with E-state index in [9.17, 15) is 4.79 Å². The van der Waals surface area contributed by atoms with E-state index >= 15 is 0 Å². The molecular formula is C18H23ClN2OS. The van der Waals surface area contributed by atoms with Crippen molar-refractivity contribution in [2.24, 2.45) is 0 Å². The maximum atomic E-state index is 11.6. The Morgan fingerprint density at radius 2 is 2.00 bits per heavy atom. The number of aryl methyl sites for hydroxylation is 1. The molecule has 1 heterocycles. The Morgan fingerprint density at radius 1 is 1.26 bits per heavy atom. The van der Waals surface area contributed by atoms with Gasteiger partial charge in [0.1, 0.15) is 5.38 Å². The van der Waals surface area contributed by atoms with E-state index in [1.165, 1.54) is 42.6 Å². The van der Waals surface area contributed by atoms with Crippen LogP contribution in [-0.4, -0.2) is 16.3 Å². The molecule has 0 saturated heterocycles. The average molecular weight is 351 g/mol. The van der Waals surface area contributed by atoms with Gasteiger partial charge in [0.2, 0.25) is 5.91 Å². The second kappa shape index (κ2) is 9.04. The molecule has 1 aromatic heterocycles. The number of thiazole rings is 1. The summed E-state index contributed by atoms with van der Waals surface area (Å²) in [5.74, 6) is -0.227. The van der Waals surface area contributed by atoms with Gasteiger partial charge in [-0.2, -0.15) is 0 Å². The molecule has 0 bridgehead atoms. The molecule has 1 amide bonds. The summed E-state index contributed by atoms with van der Waals surface area (Å²) in [5, 5.41) is 4.69. The third-order valence-electron chi connectivity index (χ3n) is 3.66. The molecule has 23 heavy (non-hydrogen) atoms. The van der Waals surface area contributed by atoms with Gasteiger partial charge in [0.25, 0.3) is 0 Å². The second-order valence-electron chi connectivity index (χ2n) is 5.65. The lowest BCUT2D eigenvalue weighted by atomic mass is 10.0. The summed E-state index contributed by atoms with van der Waals surface area (Å²) in [4.78, 5) is 16.0. The molecule has 0 aliphatic carbocycles. The first kappa shape index (κ1) is 18.0. The zero-order valence-electron chi connectivity index (χ0n) is 13.6. The van der Waals surface area contributed by atoms with Crippen LogP contribution in [0.1, 0.15) is 45.1 Å².